The van der Waals surface area contributed by atoms with Gasteiger partial charge < -0.3 is 0 Å². The minimum Gasteiger partial charge on any atom is -0.225 e. The summed E-state index contributed by atoms with van der Waals surface area (Å²) in [4.78, 5) is 7.38. The molecule has 2 N–H and O–H groups in total. The third-order valence-electron chi connectivity index (χ3n) is 1.75. The standard InChI is InChI=1S/C8H13N3O2S/c1-8(2,3)6-4-10-7(11-5-6)14(9,12)13/h4-5H,1-3H3,(H2,9,12,13). The molecule has 0 spiro atoms. The van der Waals surface area contributed by atoms with Crippen LogP contribution >= 0.6 is 0 Å². The van der Waals surface area contributed by atoms with Crippen LogP contribution in [0, 0.1) is 0 Å². The molecule has 0 aromatic carbocycles. The Labute approximate surface area is 83.4 Å². The largest absolute Gasteiger partial charge is 0.273 e. The number of rotatable bonds is 1. The van der Waals surface area contributed by atoms with E-state index in [9.17, 15) is 8.42 Å². The van der Waals surface area contributed by atoms with Crippen molar-refractivity contribution in [3.63, 3.8) is 0 Å². The minimum atomic E-state index is -3.79. The zero-order valence-corrected chi connectivity index (χ0v) is 9.17. The summed E-state index contributed by atoms with van der Waals surface area (Å²) in [5, 5.41) is 4.52. The van der Waals surface area contributed by atoms with Crippen molar-refractivity contribution in [1.29, 1.82) is 0 Å². The maximum atomic E-state index is 10.8. The van der Waals surface area contributed by atoms with Crippen LogP contribution in [-0.4, -0.2) is 18.4 Å². The van der Waals surface area contributed by atoms with Gasteiger partial charge in [-0.25, -0.2) is 23.5 Å². The highest BCUT2D eigenvalue weighted by molar-refractivity contribution is 7.89. The lowest BCUT2D eigenvalue weighted by Crippen LogP contribution is -2.18. The summed E-state index contributed by atoms with van der Waals surface area (Å²) >= 11 is 0. The molecule has 1 rings (SSSR count). The number of hydrogen-bond donors (Lipinski definition) is 1. The average Bonchev–Trinajstić information content (AvgIpc) is 2.01. The molecule has 6 heteroatoms. The van der Waals surface area contributed by atoms with Crippen LogP contribution in [0.2, 0.25) is 0 Å². The average molecular weight is 215 g/mol. The van der Waals surface area contributed by atoms with Gasteiger partial charge in [-0.15, -0.1) is 0 Å². The first-order chi connectivity index (χ1) is 6.21. The Hall–Kier alpha value is -1.01. The van der Waals surface area contributed by atoms with E-state index in [4.69, 9.17) is 5.14 Å². The van der Waals surface area contributed by atoms with Gasteiger partial charge in [-0.1, -0.05) is 20.8 Å². The fraction of sp³-hybridized carbons (Fsp3) is 0.500. The first-order valence-corrected chi connectivity index (χ1v) is 5.61. The quantitative estimate of drug-likeness (QED) is 0.688. The van der Waals surface area contributed by atoms with Crippen molar-refractivity contribution < 1.29 is 8.42 Å². The molecule has 5 nitrogen and oxygen atoms in total. The van der Waals surface area contributed by atoms with Crippen molar-refractivity contribution in [3.8, 4) is 0 Å². The highest BCUT2D eigenvalue weighted by atomic mass is 32.2. The normalized spacial score (nSPS) is 12.9. The SMILES string of the molecule is CC(C)(C)c1cnc(S(N)(=O)=O)nc1. The van der Waals surface area contributed by atoms with Gasteiger partial charge in [0.1, 0.15) is 0 Å². The van der Waals surface area contributed by atoms with Gasteiger partial charge in [-0.3, -0.25) is 0 Å². The maximum Gasteiger partial charge on any atom is 0.273 e. The van der Waals surface area contributed by atoms with Gasteiger partial charge in [-0.05, 0) is 11.0 Å². The predicted molar refractivity (Wildman–Crippen MR) is 52.1 cm³/mol. The molecule has 0 aliphatic carbocycles. The van der Waals surface area contributed by atoms with E-state index < -0.39 is 10.0 Å². The fourth-order valence-electron chi connectivity index (χ4n) is 0.850. The second kappa shape index (κ2) is 3.29. The fourth-order valence-corrected chi connectivity index (χ4v) is 1.25. The van der Waals surface area contributed by atoms with E-state index in [0.717, 1.165) is 5.56 Å². The summed E-state index contributed by atoms with van der Waals surface area (Å²) in [5.74, 6) is 0. The number of nitrogens with two attached hydrogens (primary N) is 1. The van der Waals surface area contributed by atoms with E-state index in [-0.39, 0.29) is 10.6 Å². The smallest absolute Gasteiger partial charge is 0.225 e. The molecule has 0 unspecified atom stereocenters. The lowest BCUT2D eigenvalue weighted by molar-refractivity contribution is 0.570. The van der Waals surface area contributed by atoms with Crippen LogP contribution in [0.4, 0.5) is 0 Å². The van der Waals surface area contributed by atoms with Crippen LogP contribution in [-0.2, 0) is 15.4 Å². The minimum absolute atomic E-state index is 0.100. The van der Waals surface area contributed by atoms with Crippen LogP contribution < -0.4 is 5.14 Å². The summed E-state index contributed by atoms with van der Waals surface area (Å²) in [6, 6.07) is 0. The Kier molecular flexibility index (Phi) is 2.60. The third-order valence-corrected chi connectivity index (χ3v) is 2.47. The molecule has 14 heavy (non-hydrogen) atoms. The molecule has 78 valence electrons. The lowest BCUT2D eigenvalue weighted by atomic mass is 9.89. The molecular formula is C8H13N3O2S. The molecule has 0 aliphatic heterocycles. The van der Waals surface area contributed by atoms with Crippen LogP contribution in [0.3, 0.4) is 0 Å². The molecule has 0 saturated carbocycles. The number of primary sulfonamides is 1. The Bertz CT molecular complexity index is 417. The molecular weight excluding hydrogens is 202 g/mol. The van der Waals surface area contributed by atoms with Crippen molar-refractivity contribution >= 4 is 10.0 Å². The van der Waals surface area contributed by atoms with Gasteiger partial charge in [-0.2, -0.15) is 0 Å². The highest BCUT2D eigenvalue weighted by Crippen LogP contribution is 2.20. The van der Waals surface area contributed by atoms with E-state index in [1.807, 2.05) is 20.8 Å². The van der Waals surface area contributed by atoms with Gasteiger partial charge in [0.25, 0.3) is 15.2 Å². The predicted octanol–water partition coefficient (Wildman–Crippen LogP) is 0.421. The molecule has 0 fully saturated rings. The summed E-state index contributed by atoms with van der Waals surface area (Å²) in [6.07, 6.45) is 2.96. The molecule has 1 heterocycles. The molecule has 0 amide bonds. The van der Waals surface area contributed by atoms with E-state index in [0.29, 0.717) is 0 Å². The zero-order valence-electron chi connectivity index (χ0n) is 8.35. The Balaban J connectivity index is 3.14. The summed E-state index contributed by atoms with van der Waals surface area (Å²) in [7, 11) is -3.79. The van der Waals surface area contributed by atoms with Gasteiger partial charge in [0, 0.05) is 12.4 Å². The van der Waals surface area contributed by atoms with Crippen LogP contribution in [0.5, 0.6) is 0 Å². The van der Waals surface area contributed by atoms with Crippen molar-refractivity contribution in [1.82, 2.24) is 9.97 Å². The first-order valence-electron chi connectivity index (χ1n) is 4.06. The number of hydrogen-bond acceptors (Lipinski definition) is 4. The molecule has 0 bridgehead atoms. The third kappa shape index (κ3) is 2.49. The van der Waals surface area contributed by atoms with Crippen molar-refractivity contribution in [2.24, 2.45) is 5.14 Å². The van der Waals surface area contributed by atoms with Gasteiger partial charge in [0.15, 0.2) is 0 Å². The highest BCUT2D eigenvalue weighted by Gasteiger charge is 2.17. The monoisotopic (exact) mass is 215 g/mol. The molecule has 1 aromatic heterocycles. The zero-order chi connectivity index (χ0) is 11.0. The summed E-state index contributed by atoms with van der Waals surface area (Å²) in [5.41, 5.74) is 0.765. The molecule has 0 atom stereocenters. The van der Waals surface area contributed by atoms with Gasteiger partial charge >= 0.3 is 0 Å². The summed E-state index contributed by atoms with van der Waals surface area (Å²) in [6.45, 7) is 5.97. The molecule has 0 saturated heterocycles. The lowest BCUT2D eigenvalue weighted by Gasteiger charge is -2.17. The van der Waals surface area contributed by atoms with Crippen LogP contribution in [0.25, 0.3) is 0 Å². The second-order valence-corrected chi connectivity index (χ2v) is 5.50. The van der Waals surface area contributed by atoms with Crippen molar-refractivity contribution in [2.75, 3.05) is 0 Å². The molecule has 1 aromatic rings. The first kappa shape index (κ1) is 11.1. The topological polar surface area (TPSA) is 85.9 Å². The van der Waals surface area contributed by atoms with E-state index in [2.05, 4.69) is 9.97 Å². The number of aromatic nitrogens is 2. The van der Waals surface area contributed by atoms with E-state index >= 15 is 0 Å². The van der Waals surface area contributed by atoms with E-state index in [1.165, 1.54) is 12.4 Å². The maximum absolute atomic E-state index is 10.8. The number of sulfonamides is 1. The Morgan fingerprint density at radius 1 is 1.21 bits per heavy atom. The van der Waals surface area contributed by atoms with E-state index in [1.54, 1.807) is 0 Å². The Morgan fingerprint density at radius 3 is 1.93 bits per heavy atom. The van der Waals surface area contributed by atoms with Gasteiger partial charge in [0.05, 0.1) is 0 Å². The molecule has 0 aliphatic rings. The Morgan fingerprint density at radius 2 is 1.64 bits per heavy atom. The summed E-state index contributed by atoms with van der Waals surface area (Å²) < 4.78 is 21.7. The second-order valence-electron chi connectivity index (χ2n) is 4.05. The van der Waals surface area contributed by atoms with Crippen LogP contribution in [0.15, 0.2) is 17.6 Å². The van der Waals surface area contributed by atoms with Crippen LogP contribution in [0.1, 0.15) is 26.3 Å². The molecule has 0 radical (unpaired) electrons. The number of nitrogens with zero attached hydrogens (tertiary/aromatic N) is 2. The van der Waals surface area contributed by atoms with Crippen molar-refractivity contribution in [2.45, 2.75) is 31.3 Å². The van der Waals surface area contributed by atoms with Crippen molar-refractivity contribution in [3.05, 3.63) is 18.0 Å². The van der Waals surface area contributed by atoms with Gasteiger partial charge in [0.2, 0.25) is 0 Å².